The molecule has 1 atom stereocenters. The molecule has 0 aromatic heterocycles. The van der Waals surface area contributed by atoms with Gasteiger partial charge in [0.2, 0.25) is 0 Å². The maximum Gasteiger partial charge on any atom is 0.416 e. The van der Waals surface area contributed by atoms with Crippen LogP contribution in [0.2, 0.25) is 0 Å². The molecule has 1 heterocycles. The van der Waals surface area contributed by atoms with Gasteiger partial charge < -0.3 is 29.2 Å². The number of thiocarbonyl (C=S) groups is 1. The average molecular weight is 575 g/mol. The van der Waals surface area contributed by atoms with Crippen molar-refractivity contribution in [3.05, 3.63) is 82.9 Å². The molecular weight excluding hydrogens is 545 g/mol. The highest BCUT2D eigenvalue weighted by Gasteiger charge is 2.32. The number of carbonyl (C=O) groups is 1. The summed E-state index contributed by atoms with van der Waals surface area (Å²) in [5, 5.41) is 3.40. The molecule has 0 aliphatic carbocycles. The molecule has 1 aliphatic heterocycles. The van der Waals surface area contributed by atoms with Gasteiger partial charge in [0.15, 0.2) is 16.6 Å². The molecule has 0 radical (unpaired) electrons. The fraction of sp³-hybridized carbons (Fsp3) is 0.310. The number of esters is 1. The van der Waals surface area contributed by atoms with Crippen molar-refractivity contribution >= 4 is 29.0 Å². The predicted molar refractivity (Wildman–Crippen MR) is 148 cm³/mol. The largest absolute Gasteiger partial charge is 0.493 e. The lowest BCUT2D eigenvalue weighted by Gasteiger charge is -2.39. The summed E-state index contributed by atoms with van der Waals surface area (Å²) in [7, 11) is 3.13. The highest BCUT2D eigenvalue weighted by Crippen LogP contribution is 2.39. The molecule has 0 spiro atoms. The van der Waals surface area contributed by atoms with Crippen LogP contribution in [0.15, 0.2) is 60.7 Å². The number of rotatable bonds is 8. The summed E-state index contributed by atoms with van der Waals surface area (Å²) in [4.78, 5) is 13.9. The van der Waals surface area contributed by atoms with Crippen molar-refractivity contribution in [2.24, 2.45) is 0 Å². The van der Waals surface area contributed by atoms with Gasteiger partial charge in [0, 0.05) is 12.2 Å². The van der Waals surface area contributed by atoms with E-state index in [4.69, 9.17) is 31.2 Å². The van der Waals surface area contributed by atoms with Gasteiger partial charge in [-0.1, -0.05) is 0 Å². The molecule has 4 rings (SSSR count). The molecule has 0 unspecified atom stereocenters. The van der Waals surface area contributed by atoms with Crippen LogP contribution >= 0.6 is 12.2 Å². The number of anilines is 1. The van der Waals surface area contributed by atoms with Gasteiger partial charge in [0.25, 0.3) is 0 Å². The third kappa shape index (κ3) is 6.59. The quantitative estimate of drug-likeness (QED) is 0.249. The number of ether oxygens (including phenoxy) is 4. The first kappa shape index (κ1) is 29.0. The van der Waals surface area contributed by atoms with Crippen molar-refractivity contribution in [1.82, 2.24) is 4.90 Å². The standard InChI is InChI=1S/C29H29F3N2O5S/c1-4-38-27(35)18-5-11-22(12-6-18)39-17-24-23-16-26(37-3)25(36-2)15-19(23)13-14-34(24)28(40)33-21-9-7-20(8-10-21)29(30,31)32/h5-12,15-16,24H,4,13-14,17H2,1-3H3,(H,33,40)/t24-/m1/s1. The van der Waals surface area contributed by atoms with Crippen LogP contribution in [-0.2, 0) is 17.3 Å². The second-order valence-corrected chi connectivity index (χ2v) is 9.31. The Morgan fingerprint density at radius 3 is 2.27 bits per heavy atom. The third-order valence-electron chi connectivity index (χ3n) is 6.50. The highest BCUT2D eigenvalue weighted by atomic mass is 32.1. The summed E-state index contributed by atoms with van der Waals surface area (Å²) >= 11 is 5.71. The number of alkyl halides is 3. The zero-order valence-corrected chi connectivity index (χ0v) is 23.0. The van der Waals surface area contributed by atoms with Crippen LogP contribution in [0.5, 0.6) is 17.2 Å². The normalized spacial score (nSPS) is 14.7. The Morgan fingerprint density at radius 1 is 1.02 bits per heavy atom. The Labute approximate surface area is 235 Å². The summed E-state index contributed by atoms with van der Waals surface area (Å²) in [6, 6.07) is 14.8. The zero-order valence-electron chi connectivity index (χ0n) is 22.2. The van der Waals surface area contributed by atoms with E-state index >= 15 is 0 Å². The number of methoxy groups -OCH3 is 2. The van der Waals surface area contributed by atoms with E-state index in [0.717, 1.165) is 23.3 Å². The van der Waals surface area contributed by atoms with Crippen molar-refractivity contribution in [3.8, 4) is 17.2 Å². The van der Waals surface area contributed by atoms with Gasteiger partial charge in [0.1, 0.15) is 12.4 Å². The Hall–Kier alpha value is -3.99. The fourth-order valence-corrected chi connectivity index (χ4v) is 4.80. The molecule has 0 saturated heterocycles. The fourth-order valence-electron chi connectivity index (χ4n) is 4.47. The number of nitrogens with zero attached hydrogens (tertiary/aromatic N) is 1. The van der Waals surface area contributed by atoms with Crippen LogP contribution in [0.4, 0.5) is 18.9 Å². The van der Waals surface area contributed by atoms with Gasteiger partial charge >= 0.3 is 12.1 Å². The summed E-state index contributed by atoms with van der Waals surface area (Å²) in [5.41, 5.74) is 2.07. The summed E-state index contributed by atoms with van der Waals surface area (Å²) in [6.07, 6.45) is -3.78. The number of nitrogens with one attached hydrogen (secondary N) is 1. The maximum absolute atomic E-state index is 13.0. The average Bonchev–Trinajstić information content (AvgIpc) is 2.95. The minimum atomic E-state index is -4.42. The molecule has 40 heavy (non-hydrogen) atoms. The number of carbonyl (C=O) groups excluding carboxylic acids is 1. The molecule has 3 aromatic rings. The molecule has 3 aromatic carbocycles. The van der Waals surface area contributed by atoms with Crippen molar-refractivity contribution in [1.29, 1.82) is 0 Å². The van der Waals surface area contributed by atoms with Gasteiger partial charge in [-0.25, -0.2) is 4.79 Å². The lowest BCUT2D eigenvalue weighted by Crippen LogP contribution is -2.44. The number of fused-ring (bicyclic) bond motifs is 1. The number of hydrogen-bond acceptors (Lipinski definition) is 6. The van der Waals surface area contributed by atoms with E-state index in [-0.39, 0.29) is 19.3 Å². The zero-order chi connectivity index (χ0) is 28.9. The van der Waals surface area contributed by atoms with E-state index < -0.39 is 17.7 Å². The number of benzene rings is 3. The van der Waals surface area contributed by atoms with Crippen molar-refractivity contribution in [2.45, 2.75) is 25.6 Å². The van der Waals surface area contributed by atoms with E-state index in [9.17, 15) is 18.0 Å². The SMILES string of the molecule is CCOC(=O)c1ccc(OC[C@@H]2c3cc(OC)c(OC)cc3CCN2C(=S)Nc2ccc(C(F)(F)F)cc2)cc1. The minimum Gasteiger partial charge on any atom is -0.493 e. The summed E-state index contributed by atoms with van der Waals surface area (Å²) < 4.78 is 61.1. The monoisotopic (exact) mass is 574 g/mol. The smallest absolute Gasteiger partial charge is 0.416 e. The second kappa shape index (κ2) is 12.5. The van der Waals surface area contributed by atoms with Crippen LogP contribution in [0, 0.1) is 0 Å². The maximum atomic E-state index is 13.0. The van der Waals surface area contributed by atoms with Crippen molar-refractivity contribution in [3.63, 3.8) is 0 Å². The molecule has 11 heteroatoms. The van der Waals surface area contributed by atoms with E-state index in [1.165, 1.54) is 12.1 Å². The predicted octanol–water partition coefficient (Wildman–Crippen LogP) is 6.27. The molecule has 7 nitrogen and oxygen atoms in total. The van der Waals surface area contributed by atoms with Crippen molar-refractivity contribution < 1.29 is 36.9 Å². The Morgan fingerprint density at radius 2 is 1.68 bits per heavy atom. The van der Waals surface area contributed by atoms with E-state index in [0.29, 0.717) is 46.6 Å². The molecule has 0 bridgehead atoms. The Kier molecular flexibility index (Phi) is 9.03. The topological polar surface area (TPSA) is 69.3 Å². The molecule has 212 valence electrons. The molecule has 0 saturated carbocycles. The van der Waals surface area contributed by atoms with Crippen LogP contribution in [0.3, 0.4) is 0 Å². The van der Waals surface area contributed by atoms with E-state index in [1.807, 2.05) is 17.0 Å². The van der Waals surface area contributed by atoms with Gasteiger partial charge in [-0.05, 0) is 97.4 Å². The van der Waals surface area contributed by atoms with Gasteiger partial charge in [0.05, 0.1) is 38.0 Å². The van der Waals surface area contributed by atoms with Gasteiger partial charge in [-0.15, -0.1) is 0 Å². The Bertz CT molecular complexity index is 1350. The molecule has 0 amide bonds. The highest BCUT2D eigenvalue weighted by molar-refractivity contribution is 7.80. The van der Waals surface area contributed by atoms with Crippen LogP contribution in [0.1, 0.15) is 40.0 Å². The van der Waals surface area contributed by atoms with Crippen LogP contribution < -0.4 is 19.5 Å². The molecular formula is C29H29F3N2O5S. The third-order valence-corrected chi connectivity index (χ3v) is 6.84. The lowest BCUT2D eigenvalue weighted by atomic mass is 9.92. The molecule has 1 aliphatic rings. The lowest BCUT2D eigenvalue weighted by molar-refractivity contribution is -0.137. The second-order valence-electron chi connectivity index (χ2n) is 8.93. The number of halogens is 3. The van der Waals surface area contributed by atoms with E-state index in [1.54, 1.807) is 45.4 Å². The summed E-state index contributed by atoms with van der Waals surface area (Å²) in [5.74, 6) is 1.28. The van der Waals surface area contributed by atoms with E-state index in [2.05, 4.69) is 5.32 Å². The Balaban J connectivity index is 1.58. The molecule has 1 N–H and O–H groups in total. The van der Waals surface area contributed by atoms with Crippen molar-refractivity contribution in [2.75, 3.05) is 39.3 Å². The number of hydrogen-bond donors (Lipinski definition) is 1. The van der Waals surface area contributed by atoms with Crippen LogP contribution in [0.25, 0.3) is 0 Å². The minimum absolute atomic E-state index is 0.191. The molecule has 0 fully saturated rings. The van der Waals surface area contributed by atoms with Crippen LogP contribution in [-0.4, -0.2) is 50.0 Å². The van der Waals surface area contributed by atoms with Gasteiger partial charge in [-0.2, -0.15) is 13.2 Å². The first-order valence-electron chi connectivity index (χ1n) is 12.5. The summed E-state index contributed by atoms with van der Waals surface area (Å²) in [6.45, 7) is 2.74. The first-order chi connectivity index (χ1) is 19.1. The van der Waals surface area contributed by atoms with Gasteiger partial charge in [-0.3, -0.25) is 0 Å². The first-order valence-corrected chi connectivity index (χ1v) is 12.9.